The van der Waals surface area contributed by atoms with Gasteiger partial charge in [0.05, 0.1) is 5.56 Å². The van der Waals surface area contributed by atoms with Gasteiger partial charge < -0.3 is 10.4 Å². The summed E-state index contributed by atoms with van der Waals surface area (Å²) < 4.78 is 0.690. The van der Waals surface area contributed by atoms with Crippen LogP contribution in [0.25, 0.3) is 0 Å². The Kier molecular flexibility index (Phi) is 7.97. The van der Waals surface area contributed by atoms with Gasteiger partial charge in [0.2, 0.25) is 0 Å². The van der Waals surface area contributed by atoms with Crippen molar-refractivity contribution < 1.29 is 14.7 Å². The number of halogens is 1. The second-order valence-corrected chi connectivity index (χ2v) is 5.81. The molecular weight excluding hydrogens is 336 g/mol. The van der Waals surface area contributed by atoms with E-state index < -0.39 is 5.97 Å². The van der Waals surface area contributed by atoms with Crippen LogP contribution in [0.3, 0.4) is 0 Å². The van der Waals surface area contributed by atoms with Gasteiger partial charge in [0.1, 0.15) is 4.60 Å². The number of hydrogen-bond acceptors (Lipinski definition) is 3. The van der Waals surface area contributed by atoms with Gasteiger partial charge in [-0.25, -0.2) is 4.98 Å². The molecule has 0 aliphatic carbocycles. The highest BCUT2D eigenvalue weighted by atomic mass is 79.9. The first-order chi connectivity index (χ1) is 10.0. The fourth-order valence-electron chi connectivity index (χ4n) is 2.17. The predicted molar refractivity (Wildman–Crippen MR) is 84.2 cm³/mol. The maximum Gasteiger partial charge on any atom is 0.303 e. The van der Waals surface area contributed by atoms with Gasteiger partial charge >= 0.3 is 5.97 Å². The summed E-state index contributed by atoms with van der Waals surface area (Å²) in [6.07, 6.45) is 5.19. The summed E-state index contributed by atoms with van der Waals surface area (Å²) in [6.45, 7) is 2.64. The van der Waals surface area contributed by atoms with E-state index in [-0.39, 0.29) is 12.3 Å². The lowest BCUT2D eigenvalue weighted by atomic mass is 9.94. The molecule has 1 rings (SSSR count). The zero-order chi connectivity index (χ0) is 15.7. The zero-order valence-electron chi connectivity index (χ0n) is 12.1. The van der Waals surface area contributed by atoms with Crippen LogP contribution in [0.1, 0.15) is 49.4 Å². The molecule has 1 aromatic rings. The molecule has 21 heavy (non-hydrogen) atoms. The van der Waals surface area contributed by atoms with Crippen LogP contribution in [-0.4, -0.2) is 28.5 Å². The molecule has 1 heterocycles. The summed E-state index contributed by atoms with van der Waals surface area (Å²) in [6, 6.07) is 3.43. The van der Waals surface area contributed by atoms with E-state index in [0.717, 1.165) is 19.3 Å². The van der Waals surface area contributed by atoms with Crippen LogP contribution >= 0.6 is 15.9 Å². The van der Waals surface area contributed by atoms with E-state index in [0.29, 0.717) is 29.1 Å². The number of carboxylic acids is 1. The third-order valence-corrected chi connectivity index (χ3v) is 3.76. The normalized spacial score (nSPS) is 11.9. The van der Waals surface area contributed by atoms with Crippen LogP contribution in [0.5, 0.6) is 0 Å². The van der Waals surface area contributed by atoms with Crippen LogP contribution in [0.4, 0.5) is 0 Å². The molecule has 0 spiro atoms. The van der Waals surface area contributed by atoms with Crippen molar-refractivity contribution in [1.29, 1.82) is 0 Å². The molecule has 6 heteroatoms. The molecule has 0 aromatic carbocycles. The number of pyridine rings is 1. The second kappa shape index (κ2) is 9.50. The molecule has 0 aliphatic rings. The molecule has 1 unspecified atom stereocenters. The lowest BCUT2D eigenvalue weighted by molar-refractivity contribution is -0.137. The SMILES string of the molecule is CCCC(CCNC(=O)c1ccc(Br)nc1)CCC(=O)O. The standard InChI is InChI=1S/C15H21BrN2O3/c1-2-3-11(4-7-14(19)20)8-9-17-15(21)12-5-6-13(16)18-10-12/h5-6,10-11H,2-4,7-9H2,1H3,(H,17,21)(H,19,20). The Hall–Kier alpha value is -1.43. The molecule has 116 valence electrons. The molecule has 0 bridgehead atoms. The van der Waals surface area contributed by atoms with Crippen molar-refractivity contribution in [2.45, 2.75) is 39.0 Å². The molecule has 0 saturated heterocycles. The molecule has 0 aliphatic heterocycles. The molecule has 0 saturated carbocycles. The van der Waals surface area contributed by atoms with Gasteiger partial charge in [-0.3, -0.25) is 9.59 Å². The van der Waals surface area contributed by atoms with Crippen LogP contribution < -0.4 is 5.32 Å². The van der Waals surface area contributed by atoms with Crippen LogP contribution in [0, 0.1) is 5.92 Å². The molecule has 0 fully saturated rings. The van der Waals surface area contributed by atoms with Crippen molar-refractivity contribution in [3.63, 3.8) is 0 Å². The minimum atomic E-state index is -0.763. The summed E-state index contributed by atoms with van der Waals surface area (Å²) in [5, 5.41) is 11.6. The van der Waals surface area contributed by atoms with Crippen molar-refractivity contribution in [3.8, 4) is 0 Å². The van der Waals surface area contributed by atoms with Crippen LogP contribution in [0.15, 0.2) is 22.9 Å². The van der Waals surface area contributed by atoms with Gasteiger partial charge in [-0.05, 0) is 46.8 Å². The van der Waals surface area contributed by atoms with Crippen molar-refractivity contribution in [2.24, 2.45) is 5.92 Å². The number of carbonyl (C=O) groups is 2. The number of rotatable bonds is 9. The van der Waals surface area contributed by atoms with E-state index in [1.807, 2.05) is 0 Å². The fraction of sp³-hybridized carbons (Fsp3) is 0.533. The van der Waals surface area contributed by atoms with E-state index in [9.17, 15) is 9.59 Å². The number of nitrogens with one attached hydrogen (secondary N) is 1. The molecule has 1 aromatic heterocycles. The Morgan fingerprint density at radius 2 is 2.10 bits per heavy atom. The van der Waals surface area contributed by atoms with Crippen molar-refractivity contribution in [1.82, 2.24) is 10.3 Å². The molecular formula is C15H21BrN2O3. The molecule has 0 radical (unpaired) electrons. The van der Waals surface area contributed by atoms with Crippen molar-refractivity contribution in [2.75, 3.05) is 6.54 Å². The third kappa shape index (κ3) is 7.22. The molecule has 1 amide bonds. The van der Waals surface area contributed by atoms with Crippen LogP contribution in [-0.2, 0) is 4.79 Å². The predicted octanol–water partition coefficient (Wildman–Crippen LogP) is 3.25. The van der Waals surface area contributed by atoms with Crippen molar-refractivity contribution >= 4 is 27.8 Å². The number of carbonyl (C=O) groups excluding carboxylic acids is 1. The number of aliphatic carboxylic acids is 1. The summed E-state index contributed by atoms with van der Waals surface area (Å²) in [5.74, 6) is -0.570. The van der Waals surface area contributed by atoms with E-state index >= 15 is 0 Å². The number of carboxylic acid groups (broad SMARTS) is 1. The number of hydrogen-bond donors (Lipinski definition) is 2. The van der Waals surface area contributed by atoms with Gasteiger partial charge in [-0.15, -0.1) is 0 Å². The second-order valence-electron chi connectivity index (χ2n) is 5.00. The Labute approximate surface area is 133 Å². The van der Waals surface area contributed by atoms with Gasteiger partial charge in [0.15, 0.2) is 0 Å². The first kappa shape index (κ1) is 17.6. The van der Waals surface area contributed by atoms with E-state index in [1.54, 1.807) is 12.1 Å². The molecule has 5 nitrogen and oxygen atoms in total. The summed E-state index contributed by atoms with van der Waals surface area (Å²) >= 11 is 3.22. The molecule has 2 N–H and O–H groups in total. The lowest BCUT2D eigenvalue weighted by Crippen LogP contribution is -2.26. The summed E-state index contributed by atoms with van der Waals surface area (Å²) in [4.78, 5) is 26.5. The van der Waals surface area contributed by atoms with Gasteiger partial charge in [0, 0.05) is 19.2 Å². The Balaban J connectivity index is 2.36. The Morgan fingerprint density at radius 1 is 1.33 bits per heavy atom. The van der Waals surface area contributed by atoms with Gasteiger partial charge in [0.25, 0.3) is 5.91 Å². The van der Waals surface area contributed by atoms with E-state index in [2.05, 4.69) is 33.2 Å². The maximum absolute atomic E-state index is 11.9. The minimum absolute atomic E-state index is 0.150. The first-order valence-corrected chi connectivity index (χ1v) is 7.93. The Bertz CT molecular complexity index is 462. The summed E-state index contributed by atoms with van der Waals surface area (Å²) in [7, 11) is 0. The Morgan fingerprint density at radius 3 is 2.67 bits per heavy atom. The number of amides is 1. The first-order valence-electron chi connectivity index (χ1n) is 7.14. The highest BCUT2D eigenvalue weighted by Crippen LogP contribution is 2.17. The van der Waals surface area contributed by atoms with Crippen LogP contribution in [0.2, 0.25) is 0 Å². The van der Waals surface area contributed by atoms with Gasteiger partial charge in [-0.2, -0.15) is 0 Å². The lowest BCUT2D eigenvalue weighted by Gasteiger charge is -2.15. The van der Waals surface area contributed by atoms with E-state index in [4.69, 9.17) is 5.11 Å². The number of aromatic nitrogens is 1. The third-order valence-electron chi connectivity index (χ3n) is 3.29. The minimum Gasteiger partial charge on any atom is -0.481 e. The highest BCUT2D eigenvalue weighted by molar-refractivity contribution is 9.10. The molecule has 1 atom stereocenters. The largest absolute Gasteiger partial charge is 0.481 e. The average molecular weight is 357 g/mol. The topological polar surface area (TPSA) is 79.3 Å². The van der Waals surface area contributed by atoms with Crippen molar-refractivity contribution in [3.05, 3.63) is 28.5 Å². The number of nitrogens with zero attached hydrogens (tertiary/aromatic N) is 1. The monoisotopic (exact) mass is 356 g/mol. The average Bonchev–Trinajstić information content (AvgIpc) is 2.45. The highest BCUT2D eigenvalue weighted by Gasteiger charge is 2.11. The summed E-state index contributed by atoms with van der Waals surface area (Å²) in [5.41, 5.74) is 0.524. The van der Waals surface area contributed by atoms with Gasteiger partial charge in [-0.1, -0.05) is 19.8 Å². The maximum atomic E-state index is 11.9. The quantitative estimate of drug-likeness (QED) is 0.665. The smallest absolute Gasteiger partial charge is 0.303 e. The van der Waals surface area contributed by atoms with E-state index in [1.165, 1.54) is 6.20 Å². The fourth-order valence-corrected chi connectivity index (χ4v) is 2.41. The zero-order valence-corrected chi connectivity index (χ0v) is 13.7.